The third-order valence-electron chi connectivity index (χ3n) is 3.14. The predicted octanol–water partition coefficient (Wildman–Crippen LogP) is 4.74. The average Bonchev–Trinajstić information content (AvgIpc) is 2.36. The fourth-order valence-corrected chi connectivity index (χ4v) is 2.52. The fourth-order valence-electron chi connectivity index (χ4n) is 2.11. The Labute approximate surface area is 132 Å². The lowest BCUT2D eigenvalue weighted by molar-refractivity contribution is -0.00623. The maximum Gasteiger partial charge on any atom is 0.0598 e. The molecule has 0 aromatic heterocycles. The molecule has 114 valence electrons. The molecule has 1 unspecified atom stereocenters. The molecule has 1 rings (SSSR count). The van der Waals surface area contributed by atoms with E-state index in [1.807, 2.05) is 0 Å². The van der Waals surface area contributed by atoms with Crippen molar-refractivity contribution in [2.75, 3.05) is 19.7 Å². The summed E-state index contributed by atoms with van der Waals surface area (Å²) in [5, 5.41) is 3.53. The number of nitrogens with one attached hydrogen (secondary N) is 1. The summed E-state index contributed by atoms with van der Waals surface area (Å²) in [6, 6.07) is 8.61. The Kier molecular flexibility index (Phi) is 7.78. The van der Waals surface area contributed by atoms with Crippen molar-refractivity contribution in [3.05, 3.63) is 34.3 Å². The van der Waals surface area contributed by atoms with Crippen LogP contribution in [0.3, 0.4) is 0 Å². The van der Waals surface area contributed by atoms with Gasteiger partial charge in [0, 0.05) is 17.6 Å². The van der Waals surface area contributed by atoms with Crippen LogP contribution < -0.4 is 5.32 Å². The normalized spacial score (nSPS) is 13.4. The Morgan fingerprint density at radius 3 is 2.65 bits per heavy atom. The molecule has 20 heavy (non-hydrogen) atoms. The fraction of sp³-hybridized carbons (Fsp3) is 0.647. The van der Waals surface area contributed by atoms with Crippen LogP contribution in [0.15, 0.2) is 28.7 Å². The van der Waals surface area contributed by atoms with Crippen molar-refractivity contribution in [2.24, 2.45) is 0 Å². The summed E-state index contributed by atoms with van der Waals surface area (Å²) in [5.74, 6) is 0.501. The molecule has 0 saturated carbocycles. The second-order valence-electron chi connectivity index (χ2n) is 6.21. The molecule has 0 saturated heterocycles. The summed E-state index contributed by atoms with van der Waals surface area (Å²) in [6.07, 6.45) is 2.22. The molecular formula is C17H28BrNO. The zero-order chi connectivity index (χ0) is 15.0. The van der Waals surface area contributed by atoms with Crippen molar-refractivity contribution in [1.82, 2.24) is 5.32 Å². The Balaban J connectivity index is 2.60. The Morgan fingerprint density at radius 1 is 1.30 bits per heavy atom. The van der Waals surface area contributed by atoms with Crippen LogP contribution in [-0.4, -0.2) is 25.3 Å². The number of rotatable bonds is 8. The van der Waals surface area contributed by atoms with Crippen molar-refractivity contribution in [2.45, 2.75) is 52.1 Å². The van der Waals surface area contributed by atoms with E-state index in [1.54, 1.807) is 0 Å². The molecule has 0 aliphatic carbocycles. The first-order valence-electron chi connectivity index (χ1n) is 7.52. The summed E-state index contributed by atoms with van der Waals surface area (Å²) >= 11 is 3.56. The summed E-state index contributed by atoms with van der Waals surface area (Å²) < 4.78 is 7.02. The third-order valence-corrected chi connectivity index (χ3v) is 3.63. The molecule has 1 N–H and O–H groups in total. The van der Waals surface area contributed by atoms with E-state index in [2.05, 4.69) is 73.2 Å². The van der Waals surface area contributed by atoms with Gasteiger partial charge in [0.2, 0.25) is 0 Å². The van der Waals surface area contributed by atoms with Gasteiger partial charge in [-0.05, 0) is 63.8 Å². The third kappa shape index (κ3) is 7.41. The maximum atomic E-state index is 5.88. The van der Waals surface area contributed by atoms with Crippen LogP contribution in [0, 0.1) is 0 Å². The SMILES string of the molecule is CCCNCC(CCOC(C)(C)C)c1cccc(Br)c1. The molecule has 0 heterocycles. The van der Waals surface area contributed by atoms with Gasteiger partial charge in [0.05, 0.1) is 5.60 Å². The standard InChI is InChI=1S/C17H28BrNO/c1-5-10-19-13-15(9-11-20-17(2,3)4)14-7-6-8-16(18)12-14/h6-8,12,15,19H,5,9-11,13H2,1-4H3. The molecule has 0 radical (unpaired) electrons. The Morgan fingerprint density at radius 2 is 2.05 bits per heavy atom. The predicted molar refractivity (Wildman–Crippen MR) is 90.4 cm³/mol. The van der Waals surface area contributed by atoms with Gasteiger partial charge in [-0.1, -0.05) is 35.0 Å². The van der Waals surface area contributed by atoms with Crippen LogP contribution in [-0.2, 0) is 4.74 Å². The van der Waals surface area contributed by atoms with E-state index >= 15 is 0 Å². The van der Waals surface area contributed by atoms with E-state index in [4.69, 9.17) is 4.74 Å². The van der Waals surface area contributed by atoms with Crippen molar-refractivity contribution in [1.29, 1.82) is 0 Å². The van der Waals surface area contributed by atoms with Gasteiger partial charge in [0.15, 0.2) is 0 Å². The van der Waals surface area contributed by atoms with E-state index in [9.17, 15) is 0 Å². The van der Waals surface area contributed by atoms with Crippen molar-refractivity contribution < 1.29 is 4.74 Å². The summed E-state index contributed by atoms with van der Waals surface area (Å²) in [6.45, 7) is 11.4. The topological polar surface area (TPSA) is 21.3 Å². The van der Waals surface area contributed by atoms with E-state index in [-0.39, 0.29) is 5.60 Å². The van der Waals surface area contributed by atoms with Crippen molar-refractivity contribution in [3.63, 3.8) is 0 Å². The van der Waals surface area contributed by atoms with Gasteiger partial charge in [-0.15, -0.1) is 0 Å². The van der Waals surface area contributed by atoms with Gasteiger partial charge in [0.25, 0.3) is 0 Å². The largest absolute Gasteiger partial charge is 0.376 e. The van der Waals surface area contributed by atoms with Gasteiger partial charge in [0.1, 0.15) is 0 Å². The van der Waals surface area contributed by atoms with Crippen LogP contribution in [0.2, 0.25) is 0 Å². The highest BCUT2D eigenvalue weighted by Crippen LogP contribution is 2.23. The first-order chi connectivity index (χ1) is 9.42. The van der Waals surface area contributed by atoms with Crippen LogP contribution in [0.1, 0.15) is 52.0 Å². The quantitative estimate of drug-likeness (QED) is 0.689. The zero-order valence-corrected chi connectivity index (χ0v) is 14.8. The minimum Gasteiger partial charge on any atom is -0.376 e. The van der Waals surface area contributed by atoms with Crippen LogP contribution in [0.5, 0.6) is 0 Å². The molecule has 0 amide bonds. The highest BCUT2D eigenvalue weighted by Gasteiger charge is 2.15. The minimum absolute atomic E-state index is 0.0569. The molecule has 0 fully saturated rings. The first kappa shape index (κ1) is 17.7. The van der Waals surface area contributed by atoms with Gasteiger partial charge < -0.3 is 10.1 Å². The van der Waals surface area contributed by atoms with E-state index in [0.717, 1.165) is 30.6 Å². The maximum absolute atomic E-state index is 5.88. The highest BCUT2D eigenvalue weighted by molar-refractivity contribution is 9.10. The number of halogens is 1. The summed E-state index contributed by atoms with van der Waals surface area (Å²) in [7, 11) is 0. The van der Waals surface area contributed by atoms with Gasteiger partial charge in [-0.2, -0.15) is 0 Å². The smallest absolute Gasteiger partial charge is 0.0598 e. The molecule has 0 bridgehead atoms. The number of hydrogen-bond acceptors (Lipinski definition) is 2. The lowest BCUT2D eigenvalue weighted by Crippen LogP contribution is -2.25. The second-order valence-corrected chi connectivity index (χ2v) is 7.12. The number of benzene rings is 1. The Hall–Kier alpha value is -0.380. The van der Waals surface area contributed by atoms with E-state index in [1.165, 1.54) is 12.0 Å². The molecule has 1 aromatic carbocycles. The zero-order valence-electron chi connectivity index (χ0n) is 13.2. The van der Waals surface area contributed by atoms with Crippen LogP contribution >= 0.6 is 15.9 Å². The Bertz CT molecular complexity index is 387. The summed E-state index contributed by atoms with van der Waals surface area (Å²) in [4.78, 5) is 0. The number of hydrogen-bond donors (Lipinski definition) is 1. The molecule has 0 aliphatic heterocycles. The number of ether oxygens (including phenoxy) is 1. The van der Waals surface area contributed by atoms with Gasteiger partial charge >= 0.3 is 0 Å². The van der Waals surface area contributed by atoms with Crippen molar-refractivity contribution >= 4 is 15.9 Å². The second kappa shape index (κ2) is 8.81. The van der Waals surface area contributed by atoms with Crippen LogP contribution in [0.4, 0.5) is 0 Å². The lowest BCUT2D eigenvalue weighted by atomic mass is 9.96. The molecular weight excluding hydrogens is 314 g/mol. The van der Waals surface area contributed by atoms with Crippen LogP contribution in [0.25, 0.3) is 0 Å². The van der Waals surface area contributed by atoms with E-state index < -0.39 is 0 Å². The van der Waals surface area contributed by atoms with Crippen molar-refractivity contribution in [3.8, 4) is 0 Å². The summed E-state index contributed by atoms with van der Waals surface area (Å²) in [5.41, 5.74) is 1.32. The monoisotopic (exact) mass is 341 g/mol. The average molecular weight is 342 g/mol. The van der Waals surface area contributed by atoms with E-state index in [0.29, 0.717) is 5.92 Å². The van der Waals surface area contributed by atoms with Gasteiger partial charge in [-0.3, -0.25) is 0 Å². The minimum atomic E-state index is -0.0569. The molecule has 3 heteroatoms. The molecule has 1 aromatic rings. The molecule has 0 spiro atoms. The first-order valence-corrected chi connectivity index (χ1v) is 8.32. The molecule has 0 aliphatic rings. The highest BCUT2D eigenvalue weighted by atomic mass is 79.9. The lowest BCUT2D eigenvalue weighted by Gasteiger charge is -2.23. The molecule has 1 atom stereocenters. The molecule has 2 nitrogen and oxygen atoms in total. The van der Waals surface area contributed by atoms with Gasteiger partial charge in [-0.25, -0.2) is 0 Å².